The zero-order chi connectivity index (χ0) is 13.3. The van der Waals surface area contributed by atoms with Crippen LogP contribution in [-0.4, -0.2) is 30.3 Å². The number of nitrogens with one attached hydrogen (secondary N) is 1. The van der Waals surface area contributed by atoms with Gasteiger partial charge in [0.2, 0.25) is 15.5 Å². The molecular weight excluding hydrogens is 252 g/mol. The van der Waals surface area contributed by atoms with Crippen molar-refractivity contribution in [3.05, 3.63) is 28.7 Å². The number of hydrogen-bond donors (Lipinski definition) is 1. The highest BCUT2D eigenvalue weighted by Gasteiger charge is 2.37. The van der Waals surface area contributed by atoms with E-state index >= 15 is 0 Å². The van der Waals surface area contributed by atoms with Gasteiger partial charge in [-0.2, -0.15) is 4.31 Å². The fourth-order valence-electron chi connectivity index (χ4n) is 2.46. The van der Waals surface area contributed by atoms with Crippen LogP contribution in [0.25, 0.3) is 0 Å². The van der Waals surface area contributed by atoms with Crippen LogP contribution in [0.2, 0.25) is 0 Å². The van der Waals surface area contributed by atoms with Crippen molar-refractivity contribution in [1.29, 1.82) is 0 Å². The Labute approximate surface area is 107 Å². The fourth-order valence-corrected chi connectivity index (χ4v) is 4.33. The molecule has 2 heterocycles. The van der Waals surface area contributed by atoms with Crippen LogP contribution in [0.5, 0.6) is 0 Å². The smallest absolute Gasteiger partial charge is 0.248 e. The van der Waals surface area contributed by atoms with Gasteiger partial charge >= 0.3 is 0 Å². The average Bonchev–Trinajstić information content (AvgIpc) is 2.78. The molecule has 0 bridgehead atoms. The molecule has 1 aliphatic rings. The van der Waals surface area contributed by atoms with Crippen molar-refractivity contribution in [2.45, 2.75) is 37.6 Å². The van der Waals surface area contributed by atoms with Gasteiger partial charge in [0.25, 0.3) is 0 Å². The first kappa shape index (κ1) is 13.3. The Morgan fingerprint density at radius 3 is 2.78 bits per heavy atom. The van der Waals surface area contributed by atoms with E-state index in [1.54, 1.807) is 0 Å². The summed E-state index contributed by atoms with van der Waals surface area (Å²) in [6, 6.07) is 1.24. The number of aromatic nitrogens is 1. The van der Waals surface area contributed by atoms with Gasteiger partial charge in [-0.3, -0.25) is 4.79 Å². The van der Waals surface area contributed by atoms with Crippen LogP contribution in [0.4, 0.5) is 0 Å². The Bertz CT molecular complexity index is 577. The Balaban J connectivity index is 2.44. The molecule has 0 radical (unpaired) electrons. The summed E-state index contributed by atoms with van der Waals surface area (Å²) in [5.74, 6) is 0.255. The van der Waals surface area contributed by atoms with Crippen molar-refractivity contribution >= 4 is 10.0 Å². The van der Waals surface area contributed by atoms with Gasteiger partial charge in [-0.15, -0.1) is 0 Å². The molecule has 0 saturated carbocycles. The molecule has 1 saturated heterocycles. The lowest BCUT2D eigenvalue weighted by Crippen LogP contribution is -2.40. The SMILES string of the molecule is CC(C)C1CCCN1S(=O)(=O)c1c[nH]ccc1=O. The highest BCUT2D eigenvalue weighted by Crippen LogP contribution is 2.28. The number of rotatable bonds is 3. The minimum Gasteiger partial charge on any atom is -0.366 e. The summed E-state index contributed by atoms with van der Waals surface area (Å²) in [5, 5.41) is 0. The second-order valence-electron chi connectivity index (χ2n) is 4.94. The minimum absolute atomic E-state index is 0.00499. The Hall–Kier alpha value is -1.14. The van der Waals surface area contributed by atoms with Gasteiger partial charge in [-0.25, -0.2) is 8.42 Å². The quantitative estimate of drug-likeness (QED) is 0.896. The van der Waals surface area contributed by atoms with E-state index in [0.29, 0.717) is 6.54 Å². The molecule has 1 aliphatic heterocycles. The Morgan fingerprint density at radius 1 is 1.44 bits per heavy atom. The predicted molar refractivity (Wildman–Crippen MR) is 68.8 cm³/mol. The van der Waals surface area contributed by atoms with E-state index in [2.05, 4.69) is 4.98 Å². The van der Waals surface area contributed by atoms with Crippen LogP contribution in [0.15, 0.2) is 28.2 Å². The van der Waals surface area contributed by atoms with Crippen molar-refractivity contribution in [2.75, 3.05) is 6.54 Å². The molecule has 1 fully saturated rings. The average molecular weight is 270 g/mol. The van der Waals surface area contributed by atoms with Crippen LogP contribution >= 0.6 is 0 Å². The monoisotopic (exact) mass is 270 g/mol. The molecule has 1 aromatic rings. The van der Waals surface area contributed by atoms with Crippen molar-refractivity contribution in [2.24, 2.45) is 5.92 Å². The highest BCUT2D eigenvalue weighted by atomic mass is 32.2. The molecule has 5 nitrogen and oxygen atoms in total. The van der Waals surface area contributed by atoms with Gasteiger partial charge in [-0.1, -0.05) is 13.8 Å². The van der Waals surface area contributed by atoms with Crippen LogP contribution < -0.4 is 5.43 Å². The molecule has 0 aromatic carbocycles. The van der Waals surface area contributed by atoms with Crippen LogP contribution in [0, 0.1) is 5.92 Å². The molecule has 100 valence electrons. The summed E-state index contributed by atoms with van der Waals surface area (Å²) in [4.78, 5) is 14.2. The third-order valence-corrected chi connectivity index (χ3v) is 5.34. The van der Waals surface area contributed by atoms with Crippen molar-refractivity contribution in [1.82, 2.24) is 9.29 Å². The molecule has 1 aromatic heterocycles. The normalized spacial score (nSPS) is 21.6. The van der Waals surface area contributed by atoms with Gasteiger partial charge < -0.3 is 4.98 Å². The topological polar surface area (TPSA) is 70.2 Å². The van der Waals surface area contributed by atoms with E-state index in [-0.39, 0.29) is 16.9 Å². The largest absolute Gasteiger partial charge is 0.366 e. The number of hydrogen-bond acceptors (Lipinski definition) is 3. The van der Waals surface area contributed by atoms with E-state index < -0.39 is 15.5 Å². The second-order valence-corrected chi connectivity index (χ2v) is 6.80. The third kappa shape index (κ3) is 2.22. The van der Waals surface area contributed by atoms with Gasteiger partial charge in [-0.05, 0) is 18.8 Å². The molecular formula is C12H18N2O3S. The van der Waals surface area contributed by atoms with Crippen molar-refractivity contribution in [3.8, 4) is 0 Å². The lowest BCUT2D eigenvalue weighted by molar-refractivity contribution is 0.315. The third-order valence-electron chi connectivity index (χ3n) is 3.39. The highest BCUT2D eigenvalue weighted by molar-refractivity contribution is 7.89. The summed E-state index contributed by atoms with van der Waals surface area (Å²) in [7, 11) is -3.67. The maximum atomic E-state index is 12.5. The Kier molecular flexibility index (Phi) is 3.59. The van der Waals surface area contributed by atoms with E-state index in [1.165, 1.54) is 22.8 Å². The number of nitrogens with zero attached hydrogens (tertiary/aromatic N) is 1. The van der Waals surface area contributed by atoms with Crippen LogP contribution in [-0.2, 0) is 10.0 Å². The van der Waals surface area contributed by atoms with Crippen molar-refractivity contribution < 1.29 is 8.42 Å². The number of pyridine rings is 1. The summed E-state index contributed by atoms with van der Waals surface area (Å²) >= 11 is 0. The molecule has 1 atom stereocenters. The maximum absolute atomic E-state index is 12.5. The molecule has 1 N–H and O–H groups in total. The van der Waals surface area contributed by atoms with Crippen LogP contribution in [0.1, 0.15) is 26.7 Å². The van der Waals surface area contributed by atoms with Gasteiger partial charge in [0, 0.05) is 31.0 Å². The van der Waals surface area contributed by atoms with Crippen LogP contribution in [0.3, 0.4) is 0 Å². The lowest BCUT2D eigenvalue weighted by Gasteiger charge is -2.26. The lowest BCUT2D eigenvalue weighted by atomic mass is 10.0. The summed E-state index contributed by atoms with van der Waals surface area (Å²) in [6.07, 6.45) is 4.42. The molecule has 0 spiro atoms. The summed E-state index contributed by atoms with van der Waals surface area (Å²) in [5.41, 5.74) is -0.455. The van der Waals surface area contributed by atoms with E-state index in [4.69, 9.17) is 0 Å². The molecule has 6 heteroatoms. The number of H-pyrrole nitrogens is 1. The van der Waals surface area contributed by atoms with Gasteiger partial charge in [0.05, 0.1) is 0 Å². The number of sulfonamides is 1. The zero-order valence-electron chi connectivity index (χ0n) is 10.6. The minimum atomic E-state index is -3.67. The van der Waals surface area contributed by atoms with E-state index in [9.17, 15) is 13.2 Å². The zero-order valence-corrected chi connectivity index (χ0v) is 11.4. The number of aromatic amines is 1. The fraction of sp³-hybridized carbons (Fsp3) is 0.583. The maximum Gasteiger partial charge on any atom is 0.248 e. The summed E-state index contributed by atoms with van der Waals surface area (Å²) < 4.78 is 26.4. The molecule has 18 heavy (non-hydrogen) atoms. The predicted octanol–water partition coefficient (Wildman–Crippen LogP) is 1.18. The van der Waals surface area contributed by atoms with Gasteiger partial charge in [0.1, 0.15) is 4.90 Å². The van der Waals surface area contributed by atoms with E-state index in [1.807, 2.05) is 13.8 Å². The first-order chi connectivity index (χ1) is 8.44. The molecule has 1 unspecified atom stereocenters. The second kappa shape index (κ2) is 4.85. The first-order valence-corrected chi connectivity index (χ1v) is 7.57. The molecule has 0 aliphatic carbocycles. The molecule has 0 amide bonds. The van der Waals surface area contributed by atoms with E-state index in [0.717, 1.165) is 12.8 Å². The molecule has 2 rings (SSSR count). The van der Waals surface area contributed by atoms with Gasteiger partial charge in [0.15, 0.2) is 0 Å². The summed E-state index contributed by atoms with van der Waals surface area (Å²) in [6.45, 7) is 4.51. The Morgan fingerprint density at radius 2 is 2.17 bits per heavy atom. The standard InChI is InChI=1S/C12H18N2O3S/c1-9(2)10-4-3-7-14(10)18(16,17)12-8-13-6-5-11(12)15/h5-6,8-10H,3-4,7H2,1-2H3,(H,13,15). The van der Waals surface area contributed by atoms with Crippen molar-refractivity contribution in [3.63, 3.8) is 0 Å². The first-order valence-electron chi connectivity index (χ1n) is 6.13.